The number of hydrogen-bond acceptors (Lipinski definition) is 1. The first-order valence-electron chi connectivity index (χ1n) is 6.79. The summed E-state index contributed by atoms with van der Waals surface area (Å²) in [6, 6.07) is 11.4. The van der Waals surface area contributed by atoms with Gasteiger partial charge in [0.05, 0.1) is 0 Å². The lowest BCUT2D eigenvalue weighted by atomic mass is 9.79. The van der Waals surface area contributed by atoms with E-state index in [0.717, 1.165) is 5.92 Å². The van der Waals surface area contributed by atoms with E-state index in [4.69, 9.17) is 0 Å². The topological polar surface area (TPSA) is 12.0 Å². The van der Waals surface area contributed by atoms with Gasteiger partial charge >= 0.3 is 0 Å². The number of allylic oxidation sites excluding steroid dienone is 1. The maximum atomic E-state index is 3.39. The fraction of sp³-hybridized carbons (Fsp3) is 0.500. The zero-order chi connectivity index (χ0) is 12.1. The standard InChI is InChI=1S/C16H23N/c1-3-7-13-10-11-15(17-2)12-16(13)14-8-5-4-6-9-14/h4-6,8-9,12-13,15,17H,3,7,10-11H2,1-2H3. The molecule has 0 radical (unpaired) electrons. The van der Waals surface area contributed by atoms with Gasteiger partial charge in [-0.1, -0.05) is 49.8 Å². The summed E-state index contributed by atoms with van der Waals surface area (Å²) in [5, 5.41) is 3.39. The van der Waals surface area contributed by atoms with Gasteiger partial charge in [0.1, 0.15) is 0 Å². The smallest absolute Gasteiger partial charge is 0.0253 e. The molecule has 1 N–H and O–H groups in total. The van der Waals surface area contributed by atoms with Crippen molar-refractivity contribution in [2.75, 3.05) is 7.05 Å². The highest BCUT2D eigenvalue weighted by Crippen LogP contribution is 2.35. The number of hydrogen-bond donors (Lipinski definition) is 1. The van der Waals surface area contributed by atoms with Crippen molar-refractivity contribution in [3.8, 4) is 0 Å². The molecule has 0 bridgehead atoms. The molecule has 1 aromatic rings. The molecule has 0 saturated carbocycles. The molecule has 2 rings (SSSR count). The van der Waals surface area contributed by atoms with E-state index in [1.54, 1.807) is 5.57 Å². The Labute approximate surface area is 105 Å². The van der Waals surface area contributed by atoms with Crippen LogP contribution >= 0.6 is 0 Å². The lowest BCUT2D eigenvalue weighted by molar-refractivity contribution is 0.464. The van der Waals surface area contributed by atoms with Crippen LogP contribution in [0, 0.1) is 5.92 Å². The summed E-state index contributed by atoms with van der Waals surface area (Å²) in [5.74, 6) is 0.756. The number of benzene rings is 1. The largest absolute Gasteiger partial charge is 0.314 e. The lowest BCUT2D eigenvalue weighted by Crippen LogP contribution is -2.28. The first-order valence-corrected chi connectivity index (χ1v) is 6.79. The first-order chi connectivity index (χ1) is 8.35. The van der Waals surface area contributed by atoms with Crippen LogP contribution in [0.25, 0.3) is 5.57 Å². The van der Waals surface area contributed by atoms with Crippen molar-refractivity contribution in [3.05, 3.63) is 42.0 Å². The van der Waals surface area contributed by atoms with Crippen molar-refractivity contribution in [3.63, 3.8) is 0 Å². The van der Waals surface area contributed by atoms with Gasteiger partial charge in [0.2, 0.25) is 0 Å². The Morgan fingerprint density at radius 3 is 2.59 bits per heavy atom. The van der Waals surface area contributed by atoms with Crippen LogP contribution in [-0.4, -0.2) is 13.1 Å². The van der Waals surface area contributed by atoms with E-state index >= 15 is 0 Å². The maximum absolute atomic E-state index is 3.39. The van der Waals surface area contributed by atoms with Gasteiger partial charge in [-0.05, 0) is 43.4 Å². The lowest BCUT2D eigenvalue weighted by Gasteiger charge is -2.29. The highest BCUT2D eigenvalue weighted by atomic mass is 14.9. The van der Waals surface area contributed by atoms with Crippen molar-refractivity contribution >= 4 is 5.57 Å². The molecule has 0 amide bonds. The molecule has 0 saturated heterocycles. The third kappa shape index (κ3) is 2.98. The highest BCUT2D eigenvalue weighted by molar-refractivity contribution is 5.68. The Balaban J connectivity index is 2.27. The number of rotatable bonds is 4. The first kappa shape index (κ1) is 12.4. The summed E-state index contributed by atoms with van der Waals surface area (Å²) in [5.41, 5.74) is 2.96. The number of likely N-dealkylation sites (N-methyl/N-ethyl adjacent to an activating group) is 1. The third-order valence-corrected chi connectivity index (χ3v) is 3.76. The van der Waals surface area contributed by atoms with Gasteiger partial charge in [-0.25, -0.2) is 0 Å². The van der Waals surface area contributed by atoms with Crippen LogP contribution < -0.4 is 5.32 Å². The minimum atomic E-state index is 0.554. The van der Waals surface area contributed by atoms with Gasteiger partial charge in [0.25, 0.3) is 0 Å². The van der Waals surface area contributed by atoms with Gasteiger partial charge in [0, 0.05) is 6.04 Å². The van der Waals surface area contributed by atoms with Crippen LogP contribution in [0.5, 0.6) is 0 Å². The quantitative estimate of drug-likeness (QED) is 0.826. The monoisotopic (exact) mass is 229 g/mol. The van der Waals surface area contributed by atoms with Crippen LogP contribution in [0.3, 0.4) is 0 Å². The van der Waals surface area contributed by atoms with Crippen LogP contribution in [0.15, 0.2) is 36.4 Å². The zero-order valence-corrected chi connectivity index (χ0v) is 10.9. The molecule has 92 valence electrons. The Bertz CT molecular complexity index is 366. The molecule has 0 spiro atoms. The van der Waals surface area contributed by atoms with Gasteiger partial charge in [-0.15, -0.1) is 0 Å². The fourth-order valence-corrected chi connectivity index (χ4v) is 2.81. The SMILES string of the molecule is CCCC1CCC(NC)C=C1c1ccccc1. The van der Waals surface area contributed by atoms with Crippen molar-refractivity contribution < 1.29 is 0 Å². The van der Waals surface area contributed by atoms with Gasteiger partial charge in [-0.2, -0.15) is 0 Å². The Hall–Kier alpha value is -1.08. The van der Waals surface area contributed by atoms with E-state index in [-0.39, 0.29) is 0 Å². The van der Waals surface area contributed by atoms with Gasteiger partial charge in [-0.3, -0.25) is 0 Å². The van der Waals surface area contributed by atoms with Gasteiger partial charge in [0.15, 0.2) is 0 Å². The van der Waals surface area contributed by atoms with Crippen molar-refractivity contribution in [1.29, 1.82) is 0 Å². The molecule has 1 nitrogen and oxygen atoms in total. The summed E-state index contributed by atoms with van der Waals surface area (Å²) in [6.45, 7) is 2.28. The van der Waals surface area contributed by atoms with Crippen molar-refractivity contribution in [2.24, 2.45) is 5.92 Å². The predicted octanol–water partition coefficient (Wildman–Crippen LogP) is 3.87. The average Bonchev–Trinajstić information content (AvgIpc) is 2.40. The molecule has 1 aliphatic rings. The highest BCUT2D eigenvalue weighted by Gasteiger charge is 2.22. The third-order valence-electron chi connectivity index (χ3n) is 3.76. The minimum absolute atomic E-state index is 0.554. The summed E-state index contributed by atoms with van der Waals surface area (Å²) in [4.78, 5) is 0. The molecular weight excluding hydrogens is 206 g/mol. The average molecular weight is 229 g/mol. The molecule has 1 aromatic carbocycles. The van der Waals surface area contributed by atoms with Crippen LogP contribution in [0.2, 0.25) is 0 Å². The van der Waals surface area contributed by atoms with E-state index in [1.807, 2.05) is 0 Å². The van der Waals surface area contributed by atoms with E-state index in [1.165, 1.54) is 31.2 Å². The molecule has 2 unspecified atom stereocenters. The second-order valence-electron chi connectivity index (χ2n) is 4.95. The van der Waals surface area contributed by atoms with Crippen molar-refractivity contribution in [2.45, 2.75) is 38.6 Å². The summed E-state index contributed by atoms with van der Waals surface area (Å²) < 4.78 is 0. The Morgan fingerprint density at radius 2 is 1.94 bits per heavy atom. The fourth-order valence-electron chi connectivity index (χ4n) is 2.81. The molecule has 0 aromatic heterocycles. The predicted molar refractivity (Wildman–Crippen MR) is 74.9 cm³/mol. The molecule has 0 heterocycles. The second-order valence-corrected chi connectivity index (χ2v) is 4.95. The van der Waals surface area contributed by atoms with Crippen LogP contribution in [-0.2, 0) is 0 Å². The molecule has 0 fully saturated rings. The van der Waals surface area contributed by atoms with Crippen molar-refractivity contribution in [1.82, 2.24) is 5.32 Å². The van der Waals surface area contributed by atoms with E-state index in [9.17, 15) is 0 Å². The molecule has 17 heavy (non-hydrogen) atoms. The zero-order valence-electron chi connectivity index (χ0n) is 10.9. The summed E-state index contributed by atoms with van der Waals surface area (Å²) in [7, 11) is 2.06. The van der Waals surface area contributed by atoms with Crippen LogP contribution in [0.4, 0.5) is 0 Å². The minimum Gasteiger partial charge on any atom is -0.314 e. The molecule has 0 aliphatic heterocycles. The summed E-state index contributed by atoms with van der Waals surface area (Å²) >= 11 is 0. The number of nitrogens with one attached hydrogen (secondary N) is 1. The van der Waals surface area contributed by atoms with E-state index in [2.05, 4.69) is 55.7 Å². The molecular formula is C16H23N. The van der Waals surface area contributed by atoms with Gasteiger partial charge < -0.3 is 5.32 Å². The Kier molecular flexibility index (Phi) is 4.38. The Morgan fingerprint density at radius 1 is 1.18 bits per heavy atom. The van der Waals surface area contributed by atoms with E-state index in [0.29, 0.717) is 6.04 Å². The summed E-state index contributed by atoms with van der Waals surface area (Å²) in [6.07, 6.45) is 7.63. The van der Waals surface area contributed by atoms with E-state index < -0.39 is 0 Å². The molecule has 2 atom stereocenters. The van der Waals surface area contributed by atoms with Crippen LogP contribution in [0.1, 0.15) is 38.2 Å². The second kappa shape index (κ2) is 6.02. The molecule has 1 aliphatic carbocycles. The maximum Gasteiger partial charge on any atom is 0.0253 e. The normalized spacial score (nSPS) is 24.5. The molecule has 1 heteroatoms.